The molecule has 0 spiro atoms. The topological polar surface area (TPSA) is 108 Å². The summed E-state index contributed by atoms with van der Waals surface area (Å²) in [5.74, 6) is -0.938. The monoisotopic (exact) mass is 404 g/mol. The van der Waals surface area contributed by atoms with Gasteiger partial charge in [-0.15, -0.1) is 0 Å². The van der Waals surface area contributed by atoms with E-state index >= 15 is 0 Å². The SMILES string of the molecule is COc1ccc(Cl)cc1NC(=O)[C@H](C)OC(=O)/C=C/c1cccc([N+](=O)[O-])c1. The van der Waals surface area contributed by atoms with Gasteiger partial charge in [0, 0.05) is 23.2 Å². The van der Waals surface area contributed by atoms with Crippen LogP contribution in [0.3, 0.4) is 0 Å². The maximum absolute atomic E-state index is 12.2. The zero-order valence-corrected chi connectivity index (χ0v) is 15.8. The van der Waals surface area contributed by atoms with Crippen LogP contribution in [-0.2, 0) is 14.3 Å². The highest BCUT2D eigenvalue weighted by Gasteiger charge is 2.18. The Balaban J connectivity index is 1.98. The summed E-state index contributed by atoms with van der Waals surface area (Å²) in [4.78, 5) is 34.4. The normalized spacial score (nSPS) is 11.7. The third-order valence-corrected chi connectivity index (χ3v) is 3.81. The summed E-state index contributed by atoms with van der Waals surface area (Å²) < 4.78 is 10.2. The molecule has 2 aromatic rings. The predicted octanol–water partition coefficient (Wildman–Crippen LogP) is 3.84. The summed E-state index contributed by atoms with van der Waals surface area (Å²) in [5, 5.41) is 13.7. The van der Waals surface area contributed by atoms with Gasteiger partial charge >= 0.3 is 5.97 Å². The van der Waals surface area contributed by atoms with Crippen molar-refractivity contribution in [3.8, 4) is 5.75 Å². The number of methoxy groups -OCH3 is 1. The Morgan fingerprint density at radius 1 is 1.25 bits per heavy atom. The van der Waals surface area contributed by atoms with Gasteiger partial charge in [-0.25, -0.2) is 4.79 Å². The lowest BCUT2D eigenvalue weighted by Gasteiger charge is -2.14. The molecule has 0 unspecified atom stereocenters. The van der Waals surface area contributed by atoms with Crippen molar-refractivity contribution in [3.63, 3.8) is 0 Å². The molecule has 146 valence electrons. The Morgan fingerprint density at radius 3 is 2.68 bits per heavy atom. The fourth-order valence-electron chi connectivity index (χ4n) is 2.19. The molecule has 0 saturated carbocycles. The largest absolute Gasteiger partial charge is 0.495 e. The van der Waals surface area contributed by atoms with Crippen LogP contribution in [-0.4, -0.2) is 30.0 Å². The number of carbonyl (C=O) groups excluding carboxylic acids is 2. The van der Waals surface area contributed by atoms with Crippen molar-refractivity contribution in [1.29, 1.82) is 0 Å². The van der Waals surface area contributed by atoms with Crippen LogP contribution in [0.15, 0.2) is 48.5 Å². The molecule has 9 heteroatoms. The molecule has 0 saturated heterocycles. The van der Waals surface area contributed by atoms with Crippen LogP contribution >= 0.6 is 11.6 Å². The summed E-state index contributed by atoms with van der Waals surface area (Å²) in [6.45, 7) is 1.41. The van der Waals surface area contributed by atoms with E-state index in [-0.39, 0.29) is 5.69 Å². The van der Waals surface area contributed by atoms with E-state index in [0.29, 0.717) is 22.0 Å². The van der Waals surface area contributed by atoms with Gasteiger partial charge in [-0.05, 0) is 36.8 Å². The Labute approximate surface area is 165 Å². The van der Waals surface area contributed by atoms with E-state index in [1.165, 1.54) is 44.4 Å². The number of amides is 1. The zero-order valence-electron chi connectivity index (χ0n) is 15.0. The Morgan fingerprint density at radius 2 is 2.00 bits per heavy atom. The number of hydrogen-bond acceptors (Lipinski definition) is 6. The van der Waals surface area contributed by atoms with E-state index in [9.17, 15) is 19.7 Å². The molecule has 28 heavy (non-hydrogen) atoms. The second kappa shape index (κ2) is 9.52. The molecule has 0 radical (unpaired) electrons. The van der Waals surface area contributed by atoms with Crippen LogP contribution in [0.5, 0.6) is 5.75 Å². The summed E-state index contributed by atoms with van der Waals surface area (Å²) in [5.41, 5.74) is 0.695. The quantitative estimate of drug-likeness (QED) is 0.325. The van der Waals surface area contributed by atoms with Gasteiger partial charge < -0.3 is 14.8 Å². The Kier molecular flexibility index (Phi) is 7.11. The number of nitro benzene ring substituents is 1. The second-order valence-corrected chi connectivity index (χ2v) is 6.03. The van der Waals surface area contributed by atoms with Gasteiger partial charge in [0.1, 0.15) is 5.75 Å². The van der Waals surface area contributed by atoms with Crippen molar-refractivity contribution in [2.24, 2.45) is 0 Å². The van der Waals surface area contributed by atoms with Crippen molar-refractivity contribution in [3.05, 3.63) is 69.2 Å². The molecule has 0 fully saturated rings. The first kappa shape index (κ1) is 20.9. The van der Waals surface area contributed by atoms with Crippen molar-refractivity contribution in [1.82, 2.24) is 0 Å². The second-order valence-electron chi connectivity index (χ2n) is 5.60. The van der Waals surface area contributed by atoms with E-state index in [1.807, 2.05) is 0 Å². The lowest BCUT2D eigenvalue weighted by atomic mass is 10.2. The van der Waals surface area contributed by atoms with Crippen LogP contribution in [0, 0.1) is 10.1 Å². The highest BCUT2D eigenvalue weighted by atomic mass is 35.5. The average molecular weight is 405 g/mol. The van der Waals surface area contributed by atoms with Gasteiger partial charge in [-0.2, -0.15) is 0 Å². The highest BCUT2D eigenvalue weighted by Crippen LogP contribution is 2.27. The number of nitro groups is 1. The minimum atomic E-state index is -1.09. The van der Waals surface area contributed by atoms with E-state index in [1.54, 1.807) is 18.2 Å². The number of rotatable bonds is 7. The van der Waals surface area contributed by atoms with Crippen LogP contribution in [0.2, 0.25) is 5.02 Å². The van der Waals surface area contributed by atoms with E-state index in [0.717, 1.165) is 6.08 Å². The maximum atomic E-state index is 12.2. The molecule has 2 rings (SSSR count). The predicted molar refractivity (Wildman–Crippen MR) is 104 cm³/mol. The van der Waals surface area contributed by atoms with Gasteiger partial charge in [0.2, 0.25) is 0 Å². The lowest BCUT2D eigenvalue weighted by Crippen LogP contribution is -2.29. The molecule has 0 aromatic heterocycles. The van der Waals surface area contributed by atoms with E-state index < -0.39 is 22.9 Å². The first-order valence-corrected chi connectivity index (χ1v) is 8.45. The number of non-ortho nitro benzene ring substituents is 1. The molecular weight excluding hydrogens is 388 g/mol. The molecule has 2 aromatic carbocycles. The summed E-state index contributed by atoms with van der Waals surface area (Å²) in [7, 11) is 1.45. The Hall–Kier alpha value is -3.39. The first-order valence-electron chi connectivity index (χ1n) is 8.07. The van der Waals surface area contributed by atoms with Gasteiger partial charge in [-0.1, -0.05) is 23.7 Å². The van der Waals surface area contributed by atoms with Crippen LogP contribution in [0.4, 0.5) is 11.4 Å². The fraction of sp³-hybridized carbons (Fsp3) is 0.158. The maximum Gasteiger partial charge on any atom is 0.331 e. The molecule has 1 atom stereocenters. The zero-order chi connectivity index (χ0) is 20.7. The number of nitrogens with zero attached hydrogens (tertiary/aromatic N) is 1. The number of nitrogens with one attached hydrogen (secondary N) is 1. The van der Waals surface area contributed by atoms with E-state index in [2.05, 4.69) is 5.32 Å². The van der Waals surface area contributed by atoms with Gasteiger partial charge in [0.25, 0.3) is 11.6 Å². The van der Waals surface area contributed by atoms with Crippen molar-refractivity contribution < 1.29 is 24.0 Å². The van der Waals surface area contributed by atoms with Crippen molar-refractivity contribution in [2.75, 3.05) is 12.4 Å². The molecule has 0 aliphatic rings. The lowest BCUT2D eigenvalue weighted by molar-refractivity contribution is -0.384. The number of halogens is 1. The number of benzene rings is 2. The van der Waals surface area contributed by atoms with Crippen molar-refractivity contribution in [2.45, 2.75) is 13.0 Å². The molecule has 8 nitrogen and oxygen atoms in total. The molecule has 0 aliphatic carbocycles. The molecule has 0 heterocycles. The van der Waals surface area contributed by atoms with Gasteiger partial charge in [0.15, 0.2) is 6.10 Å². The fourth-order valence-corrected chi connectivity index (χ4v) is 2.36. The third-order valence-electron chi connectivity index (χ3n) is 3.57. The highest BCUT2D eigenvalue weighted by molar-refractivity contribution is 6.31. The molecule has 1 N–H and O–H groups in total. The molecular formula is C19H17ClN2O6. The number of carbonyl (C=O) groups is 2. The van der Waals surface area contributed by atoms with Crippen LogP contribution in [0.25, 0.3) is 6.08 Å². The standard InChI is InChI=1S/C19H17ClN2O6/c1-12(19(24)21-16-11-14(20)7-8-17(16)27-2)28-18(23)9-6-13-4-3-5-15(10-13)22(25)26/h3-12H,1-2H3,(H,21,24)/b9-6+/t12-/m0/s1. The van der Waals surface area contributed by atoms with Crippen LogP contribution in [0.1, 0.15) is 12.5 Å². The molecule has 0 bridgehead atoms. The number of hydrogen-bond donors (Lipinski definition) is 1. The molecule has 0 aliphatic heterocycles. The molecule has 1 amide bonds. The minimum Gasteiger partial charge on any atom is -0.495 e. The first-order chi connectivity index (χ1) is 13.3. The smallest absolute Gasteiger partial charge is 0.331 e. The van der Waals surface area contributed by atoms with Crippen LogP contribution < -0.4 is 10.1 Å². The summed E-state index contributed by atoms with van der Waals surface area (Å²) in [6.07, 6.45) is 1.36. The van der Waals surface area contributed by atoms with Gasteiger partial charge in [-0.3, -0.25) is 14.9 Å². The summed E-state index contributed by atoms with van der Waals surface area (Å²) in [6, 6.07) is 10.5. The third kappa shape index (κ3) is 5.82. The van der Waals surface area contributed by atoms with Gasteiger partial charge in [0.05, 0.1) is 17.7 Å². The number of ether oxygens (including phenoxy) is 2. The van der Waals surface area contributed by atoms with E-state index in [4.69, 9.17) is 21.1 Å². The number of esters is 1. The van der Waals surface area contributed by atoms with Crippen molar-refractivity contribution >= 4 is 40.9 Å². The Bertz CT molecular complexity index is 928. The summed E-state index contributed by atoms with van der Waals surface area (Å²) >= 11 is 5.91. The average Bonchev–Trinajstić information content (AvgIpc) is 2.66. The number of anilines is 1. The minimum absolute atomic E-state index is 0.0984.